The van der Waals surface area contributed by atoms with Gasteiger partial charge in [0.2, 0.25) is 10.0 Å². The molecule has 2 heterocycles. The Morgan fingerprint density at radius 1 is 1.06 bits per heavy atom. The first-order chi connectivity index (χ1) is 15.2. The van der Waals surface area contributed by atoms with Crippen molar-refractivity contribution in [2.75, 3.05) is 12.9 Å². The highest BCUT2D eigenvalue weighted by Gasteiger charge is 2.33. The maximum Gasteiger partial charge on any atom is 0.254 e. The molecule has 1 saturated carbocycles. The van der Waals surface area contributed by atoms with Crippen LogP contribution in [0.1, 0.15) is 66.4 Å². The molecule has 1 aromatic carbocycles. The lowest BCUT2D eigenvalue weighted by atomic mass is 9.82. The first kappa shape index (κ1) is 23.2. The van der Waals surface area contributed by atoms with Crippen molar-refractivity contribution in [2.24, 2.45) is 0 Å². The lowest BCUT2D eigenvalue weighted by molar-refractivity contribution is -0.00168. The van der Waals surface area contributed by atoms with Gasteiger partial charge in [-0.25, -0.2) is 13.1 Å². The summed E-state index contributed by atoms with van der Waals surface area (Å²) in [7, 11) is -3.39. The van der Waals surface area contributed by atoms with E-state index in [0.717, 1.165) is 31.4 Å². The zero-order chi connectivity index (χ0) is 22.9. The highest BCUT2D eigenvalue weighted by molar-refractivity contribution is 7.88. The van der Waals surface area contributed by atoms with Gasteiger partial charge in [-0.05, 0) is 69.9 Å². The van der Waals surface area contributed by atoms with Crippen molar-refractivity contribution >= 4 is 10.0 Å². The summed E-state index contributed by atoms with van der Waals surface area (Å²) >= 11 is 0. The molecule has 174 valence electrons. The highest BCUT2D eigenvalue weighted by Crippen LogP contribution is 2.35. The fourth-order valence-electron chi connectivity index (χ4n) is 5.26. The van der Waals surface area contributed by atoms with Crippen LogP contribution in [0.25, 0.3) is 0 Å². The molecule has 1 N–H and O–H groups in total. The van der Waals surface area contributed by atoms with Crippen LogP contribution in [0.15, 0.2) is 41.2 Å². The third-order valence-corrected chi connectivity index (χ3v) is 7.69. The molecule has 7 heteroatoms. The van der Waals surface area contributed by atoms with Crippen LogP contribution in [0, 0.1) is 13.8 Å². The second-order valence-corrected chi connectivity index (χ2v) is 11.3. The molecule has 0 bridgehead atoms. The first-order valence-corrected chi connectivity index (χ1v) is 13.5. The van der Waals surface area contributed by atoms with Crippen LogP contribution in [0.5, 0.6) is 0 Å². The van der Waals surface area contributed by atoms with Crippen LogP contribution in [0.3, 0.4) is 0 Å². The number of sulfonamides is 1. The van der Waals surface area contributed by atoms with Crippen molar-refractivity contribution in [1.29, 1.82) is 0 Å². The van der Waals surface area contributed by atoms with Gasteiger partial charge in [0, 0.05) is 17.3 Å². The maximum atomic E-state index is 12.9. The van der Waals surface area contributed by atoms with Gasteiger partial charge in [-0.3, -0.25) is 4.79 Å². The molecule has 1 aliphatic heterocycles. The van der Waals surface area contributed by atoms with Crippen LogP contribution >= 0.6 is 0 Å². The normalized spacial score (nSPS) is 26.0. The van der Waals surface area contributed by atoms with Gasteiger partial charge >= 0.3 is 0 Å². The topological polar surface area (TPSA) is 77.4 Å². The molecule has 32 heavy (non-hydrogen) atoms. The standard InChI is InChI=1S/C25H34N2O4S/c1-17-5-4-6-20(15-17)19-8-12-22(13-9-19)31-16-24-23(26-32(3,29)30)14-11-21-10-7-18(2)25(28)27(21)24/h4-7,10,15,19,22-24,26H,8-9,11-14,16H2,1-3H3. The highest BCUT2D eigenvalue weighted by atomic mass is 32.2. The van der Waals surface area contributed by atoms with Crippen LogP contribution in [-0.2, 0) is 21.2 Å². The molecule has 6 nitrogen and oxygen atoms in total. The summed E-state index contributed by atoms with van der Waals surface area (Å²) in [6.45, 7) is 4.27. The van der Waals surface area contributed by atoms with Crippen molar-refractivity contribution in [3.63, 3.8) is 0 Å². The predicted molar refractivity (Wildman–Crippen MR) is 127 cm³/mol. The van der Waals surface area contributed by atoms with E-state index in [9.17, 15) is 13.2 Å². The van der Waals surface area contributed by atoms with E-state index >= 15 is 0 Å². The number of hydrogen-bond donors (Lipinski definition) is 1. The van der Waals surface area contributed by atoms with Crippen LogP contribution in [0.2, 0.25) is 0 Å². The quantitative estimate of drug-likeness (QED) is 0.717. The third-order valence-electron chi connectivity index (χ3n) is 6.95. The number of rotatable bonds is 6. The number of ether oxygens (including phenoxy) is 1. The number of aromatic nitrogens is 1. The monoisotopic (exact) mass is 458 g/mol. The van der Waals surface area contributed by atoms with Crippen molar-refractivity contribution in [1.82, 2.24) is 9.29 Å². The average molecular weight is 459 g/mol. The number of nitrogens with zero attached hydrogens (tertiary/aromatic N) is 1. The van der Waals surface area contributed by atoms with E-state index in [1.807, 2.05) is 12.1 Å². The molecular formula is C25H34N2O4S. The van der Waals surface area contributed by atoms with Crippen molar-refractivity contribution in [3.05, 3.63) is 69.1 Å². The largest absolute Gasteiger partial charge is 0.376 e. The van der Waals surface area contributed by atoms with Crippen molar-refractivity contribution in [2.45, 2.75) is 76.5 Å². The second-order valence-electron chi connectivity index (χ2n) is 9.51. The minimum Gasteiger partial charge on any atom is -0.376 e. The number of nitrogens with one attached hydrogen (secondary N) is 1. The van der Waals surface area contributed by atoms with Crippen LogP contribution < -0.4 is 10.3 Å². The van der Waals surface area contributed by atoms with Gasteiger partial charge in [-0.1, -0.05) is 35.9 Å². The van der Waals surface area contributed by atoms with Gasteiger partial charge in [0.15, 0.2) is 0 Å². The molecule has 0 saturated heterocycles. The minimum atomic E-state index is -3.39. The van der Waals surface area contributed by atoms with Gasteiger partial charge in [-0.15, -0.1) is 0 Å². The molecule has 2 unspecified atom stereocenters. The maximum absolute atomic E-state index is 12.9. The molecule has 2 aliphatic rings. The number of aryl methyl sites for hydroxylation is 3. The predicted octanol–water partition coefficient (Wildman–Crippen LogP) is 3.61. The summed E-state index contributed by atoms with van der Waals surface area (Å²) < 4.78 is 34.8. The molecule has 1 fully saturated rings. The lowest BCUT2D eigenvalue weighted by Gasteiger charge is -2.37. The van der Waals surface area contributed by atoms with E-state index in [-0.39, 0.29) is 23.7 Å². The summed E-state index contributed by atoms with van der Waals surface area (Å²) in [5.74, 6) is 0.565. The Hall–Kier alpha value is -1.96. The molecule has 0 amide bonds. The Bertz CT molecular complexity index is 1120. The summed E-state index contributed by atoms with van der Waals surface area (Å²) in [6, 6.07) is 11.9. The van der Waals surface area contributed by atoms with E-state index in [4.69, 9.17) is 4.74 Å². The average Bonchev–Trinajstić information content (AvgIpc) is 2.75. The van der Waals surface area contributed by atoms with Crippen LogP contribution in [0.4, 0.5) is 0 Å². The molecule has 0 radical (unpaired) electrons. The fourth-order valence-corrected chi connectivity index (χ4v) is 6.09. The van der Waals surface area contributed by atoms with E-state index in [1.165, 1.54) is 17.4 Å². The van der Waals surface area contributed by atoms with E-state index in [1.54, 1.807) is 11.5 Å². The molecule has 4 rings (SSSR count). The molecule has 0 spiro atoms. The molecule has 2 atom stereocenters. The molecule has 1 aliphatic carbocycles. The van der Waals surface area contributed by atoms with Crippen molar-refractivity contribution < 1.29 is 13.2 Å². The van der Waals surface area contributed by atoms with E-state index in [2.05, 4.69) is 35.9 Å². The van der Waals surface area contributed by atoms with E-state index < -0.39 is 10.0 Å². The number of fused-ring (bicyclic) bond motifs is 1. The van der Waals surface area contributed by atoms with Crippen LogP contribution in [-0.4, -0.2) is 38.0 Å². The van der Waals surface area contributed by atoms with Crippen molar-refractivity contribution in [3.8, 4) is 0 Å². The Balaban J connectivity index is 1.46. The Morgan fingerprint density at radius 2 is 1.81 bits per heavy atom. The third kappa shape index (κ3) is 5.33. The minimum absolute atomic E-state index is 0.0562. The number of pyridine rings is 1. The Labute approximate surface area is 191 Å². The Morgan fingerprint density at radius 3 is 2.50 bits per heavy atom. The summed E-state index contributed by atoms with van der Waals surface area (Å²) in [6.07, 6.45) is 6.76. The van der Waals surface area contributed by atoms with E-state index in [0.29, 0.717) is 30.9 Å². The SMILES string of the molecule is Cc1cccc(C2CCC(OCC3C(NS(C)(=O)=O)CCc4ccc(C)c(=O)n43)CC2)c1. The number of hydrogen-bond acceptors (Lipinski definition) is 4. The first-order valence-electron chi connectivity index (χ1n) is 11.6. The summed E-state index contributed by atoms with van der Waals surface area (Å²) in [5, 5.41) is 0. The zero-order valence-electron chi connectivity index (χ0n) is 19.2. The van der Waals surface area contributed by atoms with Gasteiger partial charge in [-0.2, -0.15) is 0 Å². The lowest BCUT2D eigenvalue weighted by Crippen LogP contribution is -2.49. The fraction of sp³-hybridized carbons (Fsp3) is 0.560. The molecule has 2 aromatic rings. The zero-order valence-corrected chi connectivity index (χ0v) is 20.0. The Kier molecular flexibility index (Phi) is 6.89. The molecule has 1 aromatic heterocycles. The van der Waals surface area contributed by atoms with Gasteiger partial charge < -0.3 is 9.30 Å². The van der Waals surface area contributed by atoms with Gasteiger partial charge in [0.1, 0.15) is 0 Å². The second kappa shape index (κ2) is 9.49. The summed E-state index contributed by atoms with van der Waals surface area (Å²) in [5.41, 5.74) is 4.26. The summed E-state index contributed by atoms with van der Waals surface area (Å²) in [4.78, 5) is 12.9. The molecular weight excluding hydrogens is 424 g/mol. The van der Waals surface area contributed by atoms with Gasteiger partial charge in [0.25, 0.3) is 5.56 Å². The number of benzene rings is 1. The van der Waals surface area contributed by atoms with Gasteiger partial charge in [0.05, 0.1) is 25.0 Å². The smallest absolute Gasteiger partial charge is 0.254 e.